The van der Waals surface area contributed by atoms with Crippen LogP contribution in [-0.2, 0) is 4.74 Å². The second kappa shape index (κ2) is 24.0. The van der Waals surface area contributed by atoms with E-state index in [0.717, 1.165) is 6.61 Å². The molecule has 0 saturated carbocycles. The summed E-state index contributed by atoms with van der Waals surface area (Å²) in [6, 6.07) is 0. The molecule has 0 N–H and O–H groups in total. The Morgan fingerprint density at radius 1 is 0.407 bits per heavy atom. The topological polar surface area (TPSA) is 9.23 Å². The van der Waals surface area contributed by atoms with Gasteiger partial charge in [0.15, 0.2) is 0 Å². The molecule has 27 heavy (non-hydrogen) atoms. The molecule has 0 heterocycles. The van der Waals surface area contributed by atoms with Crippen molar-refractivity contribution in [3.63, 3.8) is 0 Å². The summed E-state index contributed by atoms with van der Waals surface area (Å²) in [6.07, 6.45) is 29.6. The highest BCUT2D eigenvalue weighted by atomic mass is 16.5. The SMILES string of the molecule is CCCCCCCCCCOC(CCCCCC)CCCCCCCCC. The van der Waals surface area contributed by atoms with Crippen LogP contribution in [0.25, 0.3) is 0 Å². The summed E-state index contributed by atoms with van der Waals surface area (Å²) < 4.78 is 6.31. The molecule has 0 radical (unpaired) electrons. The highest BCUT2D eigenvalue weighted by Crippen LogP contribution is 2.17. The van der Waals surface area contributed by atoms with Crippen LogP contribution in [0.2, 0.25) is 0 Å². The van der Waals surface area contributed by atoms with Gasteiger partial charge in [-0.05, 0) is 19.3 Å². The Morgan fingerprint density at radius 3 is 1.19 bits per heavy atom. The third kappa shape index (κ3) is 22.1. The standard InChI is InChI=1S/C26H54O/c1-4-7-10-13-15-17-19-22-25-27-26(23-20-12-9-6-3)24-21-18-16-14-11-8-5-2/h26H,4-25H2,1-3H3. The van der Waals surface area contributed by atoms with E-state index in [1.807, 2.05) is 0 Å². The molecule has 0 aliphatic heterocycles. The third-order valence-electron chi connectivity index (χ3n) is 5.86. The second-order valence-electron chi connectivity index (χ2n) is 8.73. The number of unbranched alkanes of at least 4 members (excludes halogenated alkanes) is 16. The van der Waals surface area contributed by atoms with E-state index in [1.54, 1.807) is 0 Å². The average Bonchev–Trinajstić information content (AvgIpc) is 2.68. The maximum absolute atomic E-state index is 6.31. The van der Waals surface area contributed by atoms with Gasteiger partial charge in [-0.2, -0.15) is 0 Å². The Morgan fingerprint density at radius 2 is 0.741 bits per heavy atom. The summed E-state index contributed by atoms with van der Waals surface area (Å²) in [4.78, 5) is 0. The predicted octanol–water partition coefficient (Wildman–Crippen LogP) is 9.62. The highest BCUT2D eigenvalue weighted by Gasteiger charge is 2.09. The summed E-state index contributed by atoms with van der Waals surface area (Å²) in [5.74, 6) is 0. The molecule has 0 aromatic carbocycles. The maximum Gasteiger partial charge on any atom is 0.0575 e. The molecule has 0 rings (SSSR count). The lowest BCUT2D eigenvalue weighted by atomic mass is 10.0. The summed E-state index contributed by atoms with van der Waals surface area (Å²) in [7, 11) is 0. The number of hydrogen-bond acceptors (Lipinski definition) is 1. The van der Waals surface area contributed by atoms with Gasteiger partial charge in [0.1, 0.15) is 0 Å². The lowest BCUT2D eigenvalue weighted by Gasteiger charge is -2.18. The molecule has 0 aliphatic rings. The van der Waals surface area contributed by atoms with Crippen LogP contribution in [0.5, 0.6) is 0 Å². The van der Waals surface area contributed by atoms with E-state index in [2.05, 4.69) is 20.8 Å². The van der Waals surface area contributed by atoms with Crippen LogP contribution >= 0.6 is 0 Å². The fraction of sp³-hybridized carbons (Fsp3) is 1.00. The fourth-order valence-electron chi connectivity index (χ4n) is 3.92. The molecule has 1 heteroatoms. The first kappa shape index (κ1) is 27.0. The van der Waals surface area contributed by atoms with Crippen molar-refractivity contribution in [3.8, 4) is 0 Å². The molecule has 0 saturated heterocycles. The summed E-state index contributed by atoms with van der Waals surface area (Å²) in [5, 5.41) is 0. The zero-order valence-corrected chi connectivity index (χ0v) is 19.5. The van der Waals surface area contributed by atoms with Crippen LogP contribution < -0.4 is 0 Å². The summed E-state index contributed by atoms with van der Waals surface area (Å²) >= 11 is 0. The third-order valence-corrected chi connectivity index (χ3v) is 5.86. The van der Waals surface area contributed by atoms with Gasteiger partial charge in [0.05, 0.1) is 6.10 Å². The number of ether oxygens (including phenoxy) is 1. The van der Waals surface area contributed by atoms with Gasteiger partial charge >= 0.3 is 0 Å². The van der Waals surface area contributed by atoms with Crippen LogP contribution in [0, 0.1) is 0 Å². The Bertz CT molecular complexity index is 251. The Hall–Kier alpha value is -0.0400. The van der Waals surface area contributed by atoms with Gasteiger partial charge in [-0.3, -0.25) is 0 Å². The first-order valence-corrected chi connectivity index (χ1v) is 13.0. The van der Waals surface area contributed by atoms with E-state index in [1.165, 1.54) is 135 Å². The molecule has 164 valence electrons. The smallest absolute Gasteiger partial charge is 0.0575 e. The normalized spacial score (nSPS) is 12.6. The average molecular weight is 383 g/mol. The largest absolute Gasteiger partial charge is 0.378 e. The molecule has 0 amide bonds. The van der Waals surface area contributed by atoms with Crippen molar-refractivity contribution >= 4 is 0 Å². The second-order valence-corrected chi connectivity index (χ2v) is 8.73. The van der Waals surface area contributed by atoms with Gasteiger partial charge in [0, 0.05) is 6.61 Å². The van der Waals surface area contributed by atoms with Gasteiger partial charge in [-0.1, -0.05) is 136 Å². The minimum Gasteiger partial charge on any atom is -0.378 e. The lowest BCUT2D eigenvalue weighted by Crippen LogP contribution is -2.14. The van der Waals surface area contributed by atoms with Crippen LogP contribution in [0.4, 0.5) is 0 Å². The summed E-state index contributed by atoms with van der Waals surface area (Å²) in [5.41, 5.74) is 0. The molecular weight excluding hydrogens is 328 g/mol. The lowest BCUT2D eigenvalue weighted by molar-refractivity contribution is 0.0357. The molecule has 0 spiro atoms. The molecule has 0 aromatic rings. The van der Waals surface area contributed by atoms with Crippen molar-refractivity contribution in [2.45, 2.75) is 162 Å². The molecule has 0 fully saturated rings. The molecule has 0 aliphatic carbocycles. The highest BCUT2D eigenvalue weighted by molar-refractivity contribution is 4.60. The van der Waals surface area contributed by atoms with Crippen molar-refractivity contribution in [3.05, 3.63) is 0 Å². The van der Waals surface area contributed by atoms with Gasteiger partial charge in [-0.25, -0.2) is 0 Å². The van der Waals surface area contributed by atoms with E-state index < -0.39 is 0 Å². The molecule has 1 unspecified atom stereocenters. The van der Waals surface area contributed by atoms with Crippen molar-refractivity contribution in [1.82, 2.24) is 0 Å². The molecule has 0 bridgehead atoms. The Kier molecular flexibility index (Phi) is 24.0. The molecular formula is C26H54O. The summed E-state index contributed by atoms with van der Waals surface area (Å²) in [6.45, 7) is 7.90. The first-order chi connectivity index (χ1) is 13.3. The number of rotatable bonds is 23. The van der Waals surface area contributed by atoms with Crippen molar-refractivity contribution in [2.75, 3.05) is 6.61 Å². The minimum absolute atomic E-state index is 0.544. The van der Waals surface area contributed by atoms with Gasteiger partial charge in [0.25, 0.3) is 0 Å². The van der Waals surface area contributed by atoms with Crippen molar-refractivity contribution in [1.29, 1.82) is 0 Å². The van der Waals surface area contributed by atoms with Crippen LogP contribution in [0.3, 0.4) is 0 Å². The minimum atomic E-state index is 0.544. The van der Waals surface area contributed by atoms with Crippen molar-refractivity contribution in [2.24, 2.45) is 0 Å². The van der Waals surface area contributed by atoms with E-state index >= 15 is 0 Å². The zero-order valence-electron chi connectivity index (χ0n) is 19.5. The van der Waals surface area contributed by atoms with Gasteiger partial charge < -0.3 is 4.74 Å². The monoisotopic (exact) mass is 382 g/mol. The maximum atomic E-state index is 6.31. The van der Waals surface area contributed by atoms with E-state index in [9.17, 15) is 0 Å². The van der Waals surface area contributed by atoms with Gasteiger partial charge in [0.2, 0.25) is 0 Å². The van der Waals surface area contributed by atoms with Crippen LogP contribution in [0.15, 0.2) is 0 Å². The molecule has 1 nitrogen and oxygen atoms in total. The zero-order chi connectivity index (χ0) is 19.8. The fourth-order valence-corrected chi connectivity index (χ4v) is 3.92. The van der Waals surface area contributed by atoms with E-state index in [-0.39, 0.29) is 0 Å². The first-order valence-electron chi connectivity index (χ1n) is 13.0. The molecule has 1 atom stereocenters. The van der Waals surface area contributed by atoms with Crippen molar-refractivity contribution < 1.29 is 4.74 Å². The Balaban J connectivity index is 3.69. The van der Waals surface area contributed by atoms with Crippen LogP contribution in [0.1, 0.15) is 156 Å². The van der Waals surface area contributed by atoms with E-state index in [0.29, 0.717) is 6.10 Å². The van der Waals surface area contributed by atoms with Crippen LogP contribution in [-0.4, -0.2) is 12.7 Å². The van der Waals surface area contributed by atoms with Gasteiger partial charge in [-0.15, -0.1) is 0 Å². The Labute approximate surface area is 173 Å². The predicted molar refractivity (Wildman–Crippen MR) is 124 cm³/mol. The van der Waals surface area contributed by atoms with E-state index in [4.69, 9.17) is 4.74 Å². The number of hydrogen-bond donors (Lipinski definition) is 0. The quantitative estimate of drug-likeness (QED) is 0.160. The molecule has 0 aromatic heterocycles.